The van der Waals surface area contributed by atoms with Gasteiger partial charge in [0.15, 0.2) is 0 Å². The number of hydrogen-bond acceptors (Lipinski definition) is 2. The summed E-state index contributed by atoms with van der Waals surface area (Å²) in [4.78, 5) is 0. The standard InChI is InChI=1S/C10H13BrN2/c1-6(2)8-4-7(11)5-9(12)10(8)13-3/h4-5,13H,1,12H2,2-3H3. The third-order valence-corrected chi connectivity index (χ3v) is 2.30. The van der Waals surface area contributed by atoms with Crippen molar-refractivity contribution < 1.29 is 0 Å². The van der Waals surface area contributed by atoms with Crippen LogP contribution in [-0.2, 0) is 0 Å². The molecule has 0 saturated heterocycles. The summed E-state index contributed by atoms with van der Waals surface area (Å²) in [6.07, 6.45) is 0. The number of rotatable bonds is 2. The molecule has 0 fully saturated rings. The minimum absolute atomic E-state index is 0.731. The Hall–Kier alpha value is -0.960. The molecule has 0 aromatic heterocycles. The van der Waals surface area contributed by atoms with Crippen LogP contribution >= 0.6 is 15.9 Å². The highest BCUT2D eigenvalue weighted by atomic mass is 79.9. The van der Waals surface area contributed by atoms with Crippen LogP contribution in [0.5, 0.6) is 0 Å². The Bertz CT molecular complexity index is 345. The summed E-state index contributed by atoms with van der Waals surface area (Å²) in [6.45, 7) is 5.86. The van der Waals surface area contributed by atoms with Gasteiger partial charge in [-0.2, -0.15) is 0 Å². The van der Waals surface area contributed by atoms with Crippen LogP contribution in [0.15, 0.2) is 23.2 Å². The normalized spacial score (nSPS) is 9.77. The van der Waals surface area contributed by atoms with Crippen molar-refractivity contribution in [2.45, 2.75) is 6.92 Å². The van der Waals surface area contributed by atoms with Gasteiger partial charge < -0.3 is 11.1 Å². The molecule has 0 aliphatic heterocycles. The molecule has 70 valence electrons. The Morgan fingerprint density at radius 3 is 2.62 bits per heavy atom. The molecular formula is C10H13BrN2. The van der Waals surface area contributed by atoms with Gasteiger partial charge in [-0.15, -0.1) is 0 Å². The molecule has 0 atom stereocenters. The maximum Gasteiger partial charge on any atom is 0.0648 e. The van der Waals surface area contributed by atoms with Crippen molar-refractivity contribution in [1.29, 1.82) is 0 Å². The van der Waals surface area contributed by atoms with E-state index < -0.39 is 0 Å². The van der Waals surface area contributed by atoms with Crippen LogP contribution in [0.4, 0.5) is 11.4 Å². The van der Waals surface area contributed by atoms with Crippen molar-refractivity contribution in [2.75, 3.05) is 18.1 Å². The summed E-state index contributed by atoms with van der Waals surface area (Å²) in [5.41, 5.74) is 9.56. The number of nitrogen functional groups attached to an aromatic ring is 1. The average Bonchev–Trinajstić information content (AvgIpc) is 2.02. The summed E-state index contributed by atoms with van der Waals surface area (Å²) in [7, 11) is 1.85. The van der Waals surface area contributed by atoms with Crippen LogP contribution in [0, 0.1) is 0 Å². The fourth-order valence-corrected chi connectivity index (χ4v) is 1.72. The molecule has 1 rings (SSSR count). The number of nitrogens with one attached hydrogen (secondary N) is 1. The van der Waals surface area contributed by atoms with Crippen molar-refractivity contribution in [1.82, 2.24) is 0 Å². The highest BCUT2D eigenvalue weighted by Gasteiger charge is 2.06. The first-order chi connectivity index (χ1) is 6.06. The molecule has 0 radical (unpaired) electrons. The monoisotopic (exact) mass is 240 g/mol. The highest BCUT2D eigenvalue weighted by molar-refractivity contribution is 9.10. The van der Waals surface area contributed by atoms with Crippen molar-refractivity contribution in [3.63, 3.8) is 0 Å². The maximum absolute atomic E-state index is 5.84. The molecular weight excluding hydrogens is 228 g/mol. The molecule has 3 N–H and O–H groups in total. The molecule has 0 heterocycles. The predicted molar refractivity (Wildman–Crippen MR) is 62.8 cm³/mol. The van der Waals surface area contributed by atoms with Crippen LogP contribution in [-0.4, -0.2) is 7.05 Å². The zero-order chi connectivity index (χ0) is 10.0. The zero-order valence-electron chi connectivity index (χ0n) is 7.82. The third kappa shape index (κ3) is 2.04. The van der Waals surface area contributed by atoms with Gasteiger partial charge in [0.1, 0.15) is 0 Å². The molecule has 0 bridgehead atoms. The van der Waals surface area contributed by atoms with Gasteiger partial charge in [-0.25, -0.2) is 0 Å². The SMILES string of the molecule is C=C(C)c1cc(Br)cc(N)c1NC. The molecule has 0 amide bonds. The second kappa shape index (κ2) is 3.83. The van der Waals surface area contributed by atoms with Crippen molar-refractivity contribution >= 4 is 32.9 Å². The minimum atomic E-state index is 0.731. The van der Waals surface area contributed by atoms with Gasteiger partial charge >= 0.3 is 0 Å². The molecule has 2 nitrogen and oxygen atoms in total. The van der Waals surface area contributed by atoms with Crippen LogP contribution in [0.2, 0.25) is 0 Å². The van der Waals surface area contributed by atoms with Crippen LogP contribution < -0.4 is 11.1 Å². The summed E-state index contributed by atoms with van der Waals surface area (Å²) in [5.74, 6) is 0. The second-order valence-corrected chi connectivity index (χ2v) is 3.86. The molecule has 0 aliphatic carbocycles. The van der Waals surface area contributed by atoms with Gasteiger partial charge in [0, 0.05) is 17.1 Å². The van der Waals surface area contributed by atoms with E-state index >= 15 is 0 Å². The number of nitrogens with two attached hydrogens (primary N) is 1. The van der Waals surface area contributed by atoms with E-state index in [1.165, 1.54) is 0 Å². The van der Waals surface area contributed by atoms with Crippen LogP contribution in [0.25, 0.3) is 5.57 Å². The Kier molecular flexibility index (Phi) is 2.98. The largest absolute Gasteiger partial charge is 0.397 e. The van der Waals surface area contributed by atoms with Gasteiger partial charge in [-0.05, 0) is 24.6 Å². The van der Waals surface area contributed by atoms with Gasteiger partial charge in [-0.1, -0.05) is 22.5 Å². The van der Waals surface area contributed by atoms with Crippen molar-refractivity contribution in [3.05, 3.63) is 28.7 Å². The van der Waals surface area contributed by atoms with E-state index in [2.05, 4.69) is 27.8 Å². The smallest absolute Gasteiger partial charge is 0.0648 e. The number of allylic oxidation sites excluding steroid dienone is 1. The van der Waals surface area contributed by atoms with Gasteiger partial charge in [0.2, 0.25) is 0 Å². The van der Waals surface area contributed by atoms with E-state index in [4.69, 9.17) is 5.73 Å². The summed E-state index contributed by atoms with van der Waals surface area (Å²) in [5, 5.41) is 3.07. The van der Waals surface area contributed by atoms with E-state index in [1.54, 1.807) is 0 Å². The summed E-state index contributed by atoms with van der Waals surface area (Å²) in [6, 6.07) is 3.88. The fraction of sp³-hybridized carbons (Fsp3) is 0.200. The third-order valence-electron chi connectivity index (χ3n) is 1.84. The fourth-order valence-electron chi connectivity index (χ4n) is 1.24. The number of anilines is 2. The average molecular weight is 241 g/mol. The maximum atomic E-state index is 5.84. The first kappa shape index (κ1) is 10.1. The Morgan fingerprint density at radius 1 is 1.54 bits per heavy atom. The van der Waals surface area contributed by atoms with Gasteiger partial charge in [-0.3, -0.25) is 0 Å². The quantitative estimate of drug-likeness (QED) is 0.780. The Labute approximate surface area is 87.0 Å². The number of benzene rings is 1. The van der Waals surface area contributed by atoms with Gasteiger partial charge in [0.05, 0.1) is 11.4 Å². The van der Waals surface area contributed by atoms with E-state index in [0.717, 1.165) is 27.0 Å². The zero-order valence-corrected chi connectivity index (χ0v) is 9.40. The molecule has 1 aromatic rings. The van der Waals surface area contributed by atoms with Crippen molar-refractivity contribution in [2.24, 2.45) is 0 Å². The molecule has 0 aliphatic rings. The molecule has 0 spiro atoms. The predicted octanol–water partition coefficient (Wildman–Crippen LogP) is 3.11. The van der Waals surface area contributed by atoms with E-state index in [-0.39, 0.29) is 0 Å². The molecule has 1 aromatic carbocycles. The minimum Gasteiger partial charge on any atom is -0.397 e. The van der Waals surface area contributed by atoms with E-state index in [9.17, 15) is 0 Å². The second-order valence-electron chi connectivity index (χ2n) is 2.95. The van der Waals surface area contributed by atoms with Crippen molar-refractivity contribution in [3.8, 4) is 0 Å². The molecule has 0 unspecified atom stereocenters. The summed E-state index contributed by atoms with van der Waals surface area (Å²) < 4.78 is 0.974. The lowest BCUT2D eigenvalue weighted by molar-refractivity contribution is 1.45. The lowest BCUT2D eigenvalue weighted by atomic mass is 10.1. The number of halogens is 1. The molecule has 13 heavy (non-hydrogen) atoms. The highest BCUT2D eigenvalue weighted by Crippen LogP contribution is 2.31. The lowest BCUT2D eigenvalue weighted by Crippen LogP contribution is -1.99. The first-order valence-electron chi connectivity index (χ1n) is 3.99. The number of hydrogen-bond donors (Lipinski definition) is 2. The van der Waals surface area contributed by atoms with E-state index in [0.29, 0.717) is 0 Å². The molecule has 3 heteroatoms. The van der Waals surface area contributed by atoms with Crippen LogP contribution in [0.1, 0.15) is 12.5 Å². The topological polar surface area (TPSA) is 38.0 Å². The van der Waals surface area contributed by atoms with Gasteiger partial charge in [0.25, 0.3) is 0 Å². The first-order valence-corrected chi connectivity index (χ1v) is 4.78. The Morgan fingerprint density at radius 2 is 2.15 bits per heavy atom. The summed E-state index contributed by atoms with van der Waals surface area (Å²) >= 11 is 3.40. The van der Waals surface area contributed by atoms with E-state index in [1.807, 2.05) is 26.1 Å². The van der Waals surface area contributed by atoms with Crippen LogP contribution in [0.3, 0.4) is 0 Å². The molecule has 0 saturated carbocycles. The Balaban J connectivity index is 3.38. The lowest BCUT2D eigenvalue weighted by Gasteiger charge is -2.12.